The minimum absolute atomic E-state index is 0.125. The molecule has 7 nitrogen and oxygen atoms in total. The van der Waals surface area contributed by atoms with Crippen molar-refractivity contribution < 1.29 is 5.11 Å². The molecule has 1 fully saturated rings. The van der Waals surface area contributed by atoms with Gasteiger partial charge in [0.25, 0.3) is 0 Å². The number of pyridine rings is 2. The quantitative estimate of drug-likeness (QED) is 0.521. The number of nitrogens with zero attached hydrogens (tertiary/aromatic N) is 3. The summed E-state index contributed by atoms with van der Waals surface area (Å²) in [4.78, 5) is 27.3. The number of aliphatic hydroxyl groups excluding tert-OH is 1. The Labute approximate surface area is 155 Å². The van der Waals surface area contributed by atoms with Gasteiger partial charge >= 0.3 is 5.69 Å². The van der Waals surface area contributed by atoms with Crippen LogP contribution in [0.1, 0.15) is 25.7 Å². The zero-order valence-electron chi connectivity index (χ0n) is 14.9. The molecular formula is C20H21N5O2. The van der Waals surface area contributed by atoms with Gasteiger partial charge < -0.3 is 10.1 Å². The third-order valence-electron chi connectivity index (χ3n) is 5.62. The number of hydrogen-bond donors (Lipinski definition) is 3. The molecule has 0 aromatic carbocycles. The number of fused-ring (bicyclic) bond motifs is 2. The maximum absolute atomic E-state index is 12.5. The van der Waals surface area contributed by atoms with E-state index in [1.165, 1.54) is 0 Å². The fourth-order valence-corrected chi connectivity index (χ4v) is 4.06. The predicted molar refractivity (Wildman–Crippen MR) is 103 cm³/mol. The Morgan fingerprint density at radius 2 is 1.81 bits per heavy atom. The van der Waals surface area contributed by atoms with Gasteiger partial charge in [0.1, 0.15) is 5.65 Å². The van der Waals surface area contributed by atoms with E-state index in [4.69, 9.17) is 0 Å². The molecule has 0 radical (unpaired) electrons. The van der Waals surface area contributed by atoms with Crippen molar-refractivity contribution in [2.45, 2.75) is 38.3 Å². The molecule has 4 heterocycles. The molecule has 4 aromatic heterocycles. The smallest absolute Gasteiger partial charge is 0.327 e. The van der Waals surface area contributed by atoms with Crippen LogP contribution in [0.2, 0.25) is 0 Å². The molecule has 1 aliphatic rings. The van der Waals surface area contributed by atoms with Crippen LogP contribution >= 0.6 is 0 Å². The first-order valence-corrected chi connectivity index (χ1v) is 9.37. The Hall–Kier alpha value is -2.93. The first-order chi connectivity index (χ1) is 13.2. The van der Waals surface area contributed by atoms with Crippen molar-refractivity contribution in [2.24, 2.45) is 5.92 Å². The molecule has 0 saturated heterocycles. The monoisotopic (exact) mass is 363 g/mol. The third-order valence-corrected chi connectivity index (χ3v) is 5.62. The highest BCUT2D eigenvalue weighted by atomic mass is 16.3. The summed E-state index contributed by atoms with van der Waals surface area (Å²) in [6, 6.07) is 6.06. The van der Waals surface area contributed by atoms with Crippen LogP contribution in [0.4, 0.5) is 0 Å². The van der Waals surface area contributed by atoms with Gasteiger partial charge in [-0.3, -0.25) is 9.55 Å². The molecule has 0 atom stereocenters. The minimum atomic E-state index is -0.190. The van der Waals surface area contributed by atoms with Crippen molar-refractivity contribution in [2.75, 3.05) is 0 Å². The maximum Gasteiger partial charge on any atom is 0.327 e. The second-order valence-electron chi connectivity index (χ2n) is 7.45. The van der Waals surface area contributed by atoms with Gasteiger partial charge in [0.2, 0.25) is 0 Å². The molecule has 138 valence electrons. The lowest BCUT2D eigenvalue weighted by Gasteiger charge is -2.25. The van der Waals surface area contributed by atoms with Crippen LogP contribution in [0.25, 0.3) is 33.3 Å². The summed E-state index contributed by atoms with van der Waals surface area (Å²) in [6.45, 7) is 0.659. The molecule has 1 aliphatic carbocycles. The van der Waals surface area contributed by atoms with Gasteiger partial charge in [-0.1, -0.05) is 0 Å². The Balaban J connectivity index is 1.53. The number of aliphatic hydroxyl groups is 1. The molecule has 0 bridgehead atoms. The van der Waals surface area contributed by atoms with Crippen LogP contribution in [0.3, 0.4) is 0 Å². The van der Waals surface area contributed by atoms with Gasteiger partial charge in [-0.2, -0.15) is 0 Å². The van der Waals surface area contributed by atoms with E-state index >= 15 is 0 Å². The summed E-state index contributed by atoms with van der Waals surface area (Å²) in [6.07, 6.45) is 8.79. The summed E-state index contributed by atoms with van der Waals surface area (Å²) in [5.74, 6) is 0.409. The zero-order chi connectivity index (χ0) is 18.4. The second kappa shape index (κ2) is 6.35. The van der Waals surface area contributed by atoms with E-state index in [1.807, 2.05) is 24.5 Å². The van der Waals surface area contributed by atoms with E-state index in [2.05, 4.69) is 26.0 Å². The van der Waals surface area contributed by atoms with Crippen molar-refractivity contribution in [1.82, 2.24) is 24.5 Å². The van der Waals surface area contributed by atoms with Crippen LogP contribution in [0.5, 0.6) is 0 Å². The number of imidazole rings is 1. The number of aromatic nitrogens is 5. The molecule has 7 heteroatoms. The molecular weight excluding hydrogens is 342 g/mol. The summed E-state index contributed by atoms with van der Waals surface area (Å²) in [7, 11) is 0. The van der Waals surface area contributed by atoms with Gasteiger partial charge in [0.15, 0.2) is 5.65 Å². The Bertz CT molecular complexity index is 1160. The van der Waals surface area contributed by atoms with Gasteiger partial charge in [0, 0.05) is 41.6 Å². The summed E-state index contributed by atoms with van der Waals surface area (Å²) in [5.41, 5.74) is 4.06. The van der Waals surface area contributed by atoms with Crippen LogP contribution in [0.15, 0.2) is 41.6 Å². The first-order valence-electron chi connectivity index (χ1n) is 9.37. The normalized spacial score (nSPS) is 20.5. The number of hydrogen-bond acceptors (Lipinski definition) is 4. The summed E-state index contributed by atoms with van der Waals surface area (Å²) in [5, 5.41) is 10.8. The Morgan fingerprint density at radius 1 is 1.07 bits per heavy atom. The standard InChI is InChI=1S/C20H21N5O2/c26-16-3-1-12(2-4-16)11-25-17-8-15(10-23-19(17)24-20(25)27)14-7-13-5-6-21-18(13)22-9-14/h5-10,12,16,26H,1-4,11H2,(H,21,22)(H,23,24,27). The van der Waals surface area contributed by atoms with E-state index in [1.54, 1.807) is 10.8 Å². The topological polar surface area (TPSA) is 99.6 Å². The molecule has 0 aliphatic heterocycles. The zero-order valence-corrected chi connectivity index (χ0v) is 14.9. The van der Waals surface area contributed by atoms with Gasteiger partial charge in [-0.15, -0.1) is 0 Å². The lowest BCUT2D eigenvalue weighted by Crippen LogP contribution is -2.26. The second-order valence-corrected chi connectivity index (χ2v) is 7.45. The average Bonchev–Trinajstić information content (AvgIpc) is 3.27. The van der Waals surface area contributed by atoms with Crippen molar-refractivity contribution in [3.63, 3.8) is 0 Å². The highest BCUT2D eigenvalue weighted by Gasteiger charge is 2.21. The summed E-state index contributed by atoms with van der Waals surface area (Å²) >= 11 is 0. The van der Waals surface area contributed by atoms with Gasteiger partial charge in [-0.25, -0.2) is 14.8 Å². The molecule has 3 N–H and O–H groups in total. The van der Waals surface area contributed by atoms with Crippen LogP contribution < -0.4 is 5.69 Å². The van der Waals surface area contributed by atoms with Crippen LogP contribution in [-0.4, -0.2) is 35.7 Å². The highest BCUT2D eigenvalue weighted by molar-refractivity contribution is 5.84. The van der Waals surface area contributed by atoms with Gasteiger partial charge in [-0.05, 0) is 49.8 Å². The van der Waals surface area contributed by atoms with E-state index in [-0.39, 0.29) is 11.8 Å². The fourth-order valence-electron chi connectivity index (χ4n) is 4.06. The van der Waals surface area contributed by atoms with Crippen LogP contribution in [-0.2, 0) is 6.54 Å². The molecule has 0 unspecified atom stereocenters. The summed E-state index contributed by atoms with van der Waals surface area (Å²) < 4.78 is 1.79. The highest BCUT2D eigenvalue weighted by Crippen LogP contribution is 2.27. The first kappa shape index (κ1) is 16.3. The predicted octanol–water partition coefficient (Wildman–Crippen LogP) is 2.82. The SMILES string of the molecule is O=c1[nH]c2ncc(-c3cnc4[nH]ccc4c3)cc2n1CC1CCC(O)CC1. The van der Waals surface area contributed by atoms with E-state index in [0.29, 0.717) is 18.1 Å². The number of H-pyrrole nitrogens is 2. The third kappa shape index (κ3) is 2.94. The molecule has 5 rings (SSSR count). The molecule has 0 amide bonds. The van der Waals surface area contributed by atoms with E-state index < -0.39 is 0 Å². The van der Waals surface area contributed by atoms with Gasteiger partial charge in [0.05, 0.1) is 11.6 Å². The van der Waals surface area contributed by atoms with Crippen LogP contribution in [0, 0.1) is 5.92 Å². The average molecular weight is 363 g/mol. The van der Waals surface area contributed by atoms with Crippen molar-refractivity contribution in [3.8, 4) is 11.1 Å². The Kier molecular flexibility index (Phi) is 3.82. The lowest BCUT2D eigenvalue weighted by molar-refractivity contribution is 0.104. The Morgan fingerprint density at radius 3 is 2.63 bits per heavy atom. The lowest BCUT2D eigenvalue weighted by atomic mass is 9.87. The molecule has 27 heavy (non-hydrogen) atoms. The van der Waals surface area contributed by atoms with E-state index in [0.717, 1.165) is 53.4 Å². The number of nitrogens with one attached hydrogen (secondary N) is 2. The molecule has 4 aromatic rings. The number of aromatic amines is 2. The molecule has 1 saturated carbocycles. The van der Waals surface area contributed by atoms with Crippen molar-refractivity contribution >= 4 is 22.2 Å². The fraction of sp³-hybridized carbons (Fsp3) is 0.350. The largest absolute Gasteiger partial charge is 0.393 e. The maximum atomic E-state index is 12.5. The van der Waals surface area contributed by atoms with E-state index in [9.17, 15) is 9.90 Å². The number of rotatable bonds is 3. The van der Waals surface area contributed by atoms with Crippen molar-refractivity contribution in [3.05, 3.63) is 47.3 Å². The minimum Gasteiger partial charge on any atom is -0.393 e. The molecule has 0 spiro atoms. The van der Waals surface area contributed by atoms with Crippen molar-refractivity contribution in [1.29, 1.82) is 0 Å².